The van der Waals surface area contributed by atoms with Crippen molar-refractivity contribution in [2.45, 2.75) is 18.7 Å². The maximum Gasteiger partial charge on any atom is 0.416 e. The first-order valence-corrected chi connectivity index (χ1v) is 7.64. The Morgan fingerprint density at radius 2 is 1.58 bits per heavy atom. The van der Waals surface area contributed by atoms with Crippen LogP contribution in [0.25, 0.3) is 0 Å². The maximum atomic E-state index is 12.7. The summed E-state index contributed by atoms with van der Waals surface area (Å²) in [6.45, 7) is 1.22. The van der Waals surface area contributed by atoms with Gasteiger partial charge in [0, 0.05) is 5.69 Å². The molecule has 2 rings (SSSR count). The fourth-order valence-electron chi connectivity index (χ4n) is 2.19. The molecule has 3 N–H and O–H groups in total. The van der Waals surface area contributed by atoms with E-state index < -0.39 is 29.2 Å². The topological polar surface area (TPSA) is 78.4 Å². The molecule has 1 unspecified atom stereocenters. The van der Waals surface area contributed by atoms with E-state index in [4.69, 9.17) is 0 Å². The summed E-state index contributed by atoms with van der Waals surface area (Å²) in [5.41, 5.74) is -1.97. The van der Waals surface area contributed by atoms with Crippen molar-refractivity contribution in [2.75, 3.05) is 11.9 Å². The Labute approximate surface area is 147 Å². The van der Waals surface area contributed by atoms with Gasteiger partial charge in [0.2, 0.25) is 0 Å². The number of hydrogen-bond acceptors (Lipinski definition) is 3. The first-order valence-electron chi connectivity index (χ1n) is 7.64. The molecule has 0 heterocycles. The highest BCUT2D eigenvalue weighted by molar-refractivity contribution is 6.39. The minimum absolute atomic E-state index is 0.158. The zero-order valence-electron chi connectivity index (χ0n) is 13.8. The Kier molecular flexibility index (Phi) is 5.66. The molecule has 0 aliphatic rings. The summed E-state index contributed by atoms with van der Waals surface area (Å²) in [6, 6.07) is 12.5. The van der Waals surface area contributed by atoms with Gasteiger partial charge in [-0.3, -0.25) is 9.59 Å². The van der Waals surface area contributed by atoms with E-state index in [2.05, 4.69) is 10.6 Å². The van der Waals surface area contributed by atoms with E-state index in [9.17, 15) is 27.9 Å². The number of anilines is 1. The molecule has 1 atom stereocenters. The molecule has 138 valence electrons. The van der Waals surface area contributed by atoms with Gasteiger partial charge >= 0.3 is 18.0 Å². The van der Waals surface area contributed by atoms with Gasteiger partial charge in [0.15, 0.2) is 0 Å². The van der Waals surface area contributed by atoms with Gasteiger partial charge in [-0.15, -0.1) is 0 Å². The molecule has 0 saturated heterocycles. The Bertz CT molecular complexity index is 790. The number of alkyl halides is 3. The van der Waals surface area contributed by atoms with Crippen molar-refractivity contribution in [1.82, 2.24) is 5.32 Å². The van der Waals surface area contributed by atoms with Gasteiger partial charge in [-0.1, -0.05) is 36.4 Å². The average Bonchev–Trinajstić information content (AvgIpc) is 2.60. The summed E-state index contributed by atoms with van der Waals surface area (Å²) in [4.78, 5) is 23.7. The molecule has 0 aliphatic carbocycles. The SMILES string of the molecule is CC(O)(CNC(=O)C(=O)Nc1cccc(C(F)(F)F)c1)c1ccccc1. The maximum absolute atomic E-state index is 12.7. The second-order valence-electron chi connectivity index (χ2n) is 5.86. The monoisotopic (exact) mass is 366 g/mol. The van der Waals surface area contributed by atoms with Crippen LogP contribution in [-0.2, 0) is 21.4 Å². The van der Waals surface area contributed by atoms with Crippen molar-refractivity contribution in [3.8, 4) is 0 Å². The molecule has 26 heavy (non-hydrogen) atoms. The number of carbonyl (C=O) groups excluding carboxylic acids is 2. The van der Waals surface area contributed by atoms with Gasteiger partial charge in [0.05, 0.1) is 12.1 Å². The molecule has 5 nitrogen and oxygen atoms in total. The van der Waals surface area contributed by atoms with Crippen molar-refractivity contribution in [1.29, 1.82) is 0 Å². The van der Waals surface area contributed by atoms with Crippen LogP contribution in [0.5, 0.6) is 0 Å². The highest BCUT2D eigenvalue weighted by atomic mass is 19.4. The van der Waals surface area contributed by atoms with Crippen molar-refractivity contribution in [3.05, 3.63) is 65.7 Å². The summed E-state index contributed by atoms with van der Waals surface area (Å²) in [7, 11) is 0. The number of nitrogens with one attached hydrogen (secondary N) is 2. The smallest absolute Gasteiger partial charge is 0.384 e. The average molecular weight is 366 g/mol. The van der Waals surface area contributed by atoms with Crippen LogP contribution in [0, 0.1) is 0 Å². The number of halogens is 3. The van der Waals surface area contributed by atoms with Crippen molar-refractivity contribution < 1.29 is 27.9 Å². The molecular weight excluding hydrogens is 349 g/mol. The molecule has 2 amide bonds. The number of amides is 2. The van der Waals surface area contributed by atoms with Gasteiger partial charge in [-0.2, -0.15) is 13.2 Å². The largest absolute Gasteiger partial charge is 0.416 e. The van der Waals surface area contributed by atoms with Gasteiger partial charge in [0.25, 0.3) is 0 Å². The lowest BCUT2D eigenvalue weighted by Gasteiger charge is -2.24. The lowest BCUT2D eigenvalue weighted by atomic mass is 9.96. The zero-order chi connectivity index (χ0) is 19.4. The van der Waals surface area contributed by atoms with E-state index in [-0.39, 0.29) is 12.2 Å². The molecule has 0 spiro atoms. The zero-order valence-corrected chi connectivity index (χ0v) is 13.8. The summed E-state index contributed by atoms with van der Waals surface area (Å²) >= 11 is 0. The fourth-order valence-corrected chi connectivity index (χ4v) is 2.19. The summed E-state index contributed by atoms with van der Waals surface area (Å²) in [5, 5.41) is 14.7. The lowest BCUT2D eigenvalue weighted by Crippen LogP contribution is -2.43. The molecule has 0 aromatic heterocycles. The number of aliphatic hydroxyl groups is 1. The van der Waals surface area contributed by atoms with Gasteiger partial charge in [-0.05, 0) is 30.7 Å². The van der Waals surface area contributed by atoms with Crippen molar-refractivity contribution in [3.63, 3.8) is 0 Å². The Morgan fingerprint density at radius 1 is 0.962 bits per heavy atom. The van der Waals surface area contributed by atoms with Gasteiger partial charge in [0.1, 0.15) is 5.60 Å². The first-order chi connectivity index (χ1) is 12.1. The van der Waals surface area contributed by atoms with Gasteiger partial charge in [-0.25, -0.2) is 0 Å². The Hall–Kier alpha value is -2.87. The lowest BCUT2D eigenvalue weighted by molar-refractivity contribution is -0.137. The summed E-state index contributed by atoms with van der Waals surface area (Å²) in [6.07, 6.45) is -4.56. The minimum Gasteiger partial charge on any atom is -0.384 e. The number of benzene rings is 2. The molecule has 0 fully saturated rings. The third-order valence-corrected chi connectivity index (χ3v) is 3.64. The fraction of sp³-hybridized carbons (Fsp3) is 0.222. The van der Waals surface area contributed by atoms with Crippen molar-refractivity contribution in [2.24, 2.45) is 0 Å². The molecule has 0 aliphatic heterocycles. The molecule has 2 aromatic carbocycles. The standard InChI is InChI=1S/C18H17F3N2O3/c1-17(26,12-6-3-2-4-7-12)11-22-15(24)16(25)23-14-9-5-8-13(10-14)18(19,20)21/h2-10,26H,11H2,1H3,(H,22,24)(H,23,25). The normalized spacial score (nSPS) is 13.6. The van der Waals surface area contributed by atoms with E-state index in [1.54, 1.807) is 30.3 Å². The van der Waals surface area contributed by atoms with E-state index in [0.717, 1.165) is 18.2 Å². The Balaban J connectivity index is 1.97. The third kappa shape index (κ3) is 5.06. The van der Waals surface area contributed by atoms with Crippen LogP contribution in [0.1, 0.15) is 18.1 Å². The van der Waals surface area contributed by atoms with E-state index in [0.29, 0.717) is 5.56 Å². The van der Waals surface area contributed by atoms with Crippen LogP contribution < -0.4 is 10.6 Å². The first kappa shape index (κ1) is 19.5. The van der Waals surface area contributed by atoms with Crippen LogP contribution in [0.15, 0.2) is 54.6 Å². The predicted molar refractivity (Wildman–Crippen MR) is 89.1 cm³/mol. The Morgan fingerprint density at radius 3 is 2.19 bits per heavy atom. The number of rotatable bonds is 4. The summed E-state index contributed by atoms with van der Waals surface area (Å²) < 4.78 is 38.0. The predicted octanol–water partition coefficient (Wildman–Crippen LogP) is 2.67. The minimum atomic E-state index is -4.56. The number of carbonyl (C=O) groups is 2. The highest BCUT2D eigenvalue weighted by Gasteiger charge is 2.31. The van der Waals surface area contributed by atoms with E-state index >= 15 is 0 Å². The van der Waals surface area contributed by atoms with Crippen molar-refractivity contribution >= 4 is 17.5 Å². The van der Waals surface area contributed by atoms with Crippen LogP contribution in [-0.4, -0.2) is 23.5 Å². The molecule has 8 heteroatoms. The van der Waals surface area contributed by atoms with Crippen LogP contribution >= 0.6 is 0 Å². The highest BCUT2D eigenvalue weighted by Crippen LogP contribution is 2.30. The third-order valence-electron chi connectivity index (χ3n) is 3.64. The van der Waals surface area contributed by atoms with Crippen LogP contribution in [0.4, 0.5) is 18.9 Å². The molecule has 0 bridgehead atoms. The molecule has 2 aromatic rings. The van der Waals surface area contributed by atoms with E-state index in [1.165, 1.54) is 13.0 Å². The molecule has 0 radical (unpaired) electrons. The molecule has 0 saturated carbocycles. The quantitative estimate of drug-likeness (QED) is 0.728. The van der Waals surface area contributed by atoms with Gasteiger partial charge < -0.3 is 15.7 Å². The molecular formula is C18H17F3N2O3. The number of hydrogen-bond donors (Lipinski definition) is 3. The van der Waals surface area contributed by atoms with Crippen LogP contribution in [0.2, 0.25) is 0 Å². The van der Waals surface area contributed by atoms with Crippen LogP contribution in [0.3, 0.4) is 0 Å². The van der Waals surface area contributed by atoms with E-state index in [1.807, 2.05) is 0 Å². The second kappa shape index (κ2) is 7.57. The summed E-state index contributed by atoms with van der Waals surface area (Å²) in [5.74, 6) is -2.20. The second-order valence-corrected chi connectivity index (χ2v) is 5.86.